The molecule has 0 bridgehead atoms. The predicted molar refractivity (Wildman–Crippen MR) is 189 cm³/mol. The number of hydrogen-bond donors (Lipinski definition) is 0. The van der Waals surface area contributed by atoms with Crippen molar-refractivity contribution < 1.29 is 19.1 Å². The molecule has 0 aliphatic heterocycles. The molecule has 1 aromatic heterocycles. The maximum absolute atomic E-state index is 14.4. The Labute approximate surface area is 282 Å². The summed E-state index contributed by atoms with van der Waals surface area (Å²) in [4.78, 5) is 28.6. The van der Waals surface area contributed by atoms with Gasteiger partial charge in [-0.1, -0.05) is 24.3 Å². The molecule has 0 atom stereocenters. The van der Waals surface area contributed by atoms with E-state index in [0.717, 1.165) is 86.9 Å². The van der Waals surface area contributed by atoms with E-state index in [9.17, 15) is 9.59 Å². The van der Waals surface area contributed by atoms with E-state index in [2.05, 4.69) is 79.4 Å². The highest BCUT2D eigenvalue weighted by molar-refractivity contribution is 5.95. The highest BCUT2D eigenvalue weighted by Gasteiger charge is 2.33. The zero-order valence-corrected chi connectivity index (χ0v) is 29.4. The van der Waals surface area contributed by atoms with Crippen LogP contribution in [-0.4, -0.2) is 41.4 Å². The van der Waals surface area contributed by atoms with Gasteiger partial charge in [0.2, 0.25) is 5.91 Å². The molecule has 0 spiro atoms. The topological polar surface area (TPSA) is 73.7 Å². The number of benzene rings is 2. The first-order valence-corrected chi connectivity index (χ1v) is 17.9. The highest BCUT2D eigenvalue weighted by atomic mass is 16.5. The average molecular weight is 642 g/mol. The summed E-state index contributed by atoms with van der Waals surface area (Å²) in [5.74, 6) is 2.59. The highest BCUT2D eigenvalue weighted by Crippen LogP contribution is 2.40. The molecule has 7 nitrogen and oxygen atoms in total. The molecule has 2 aliphatic carbocycles. The zero-order valence-electron chi connectivity index (χ0n) is 29.4. The summed E-state index contributed by atoms with van der Waals surface area (Å²) < 4.78 is 12.8. The number of aromatic nitrogens is 2. The molecule has 2 saturated carbocycles. The van der Waals surface area contributed by atoms with Gasteiger partial charge in [-0.3, -0.25) is 14.3 Å². The fourth-order valence-corrected chi connectivity index (χ4v) is 7.60. The Morgan fingerprint density at radius 2 is 1.64 bits per heavy atom. The minimum absolute atomic E-state index is 0.0137. The Hall–Kier alpha value is -3.61. The molecule has 254 valence electrons. The van der Waals surface area contributed by atoms with E-state index in [-0.39, 0.29) is 29.9 Å². The Morgan fingerprint density at radius 3 is 2.28 bits per heavy atom. The van der Waals surface area contributed by atoms with Gasteiger partial charge in [-0.05, 0) is 145 Å². The molecule has 7 heteroatoms. The van der Waals surface area contributed by atoms with Crippen molar-refractivity contribution in [2.24, 2.45) is 17.8 Å². The monoisotopic (exact) mass is 641 g/mol. The van der Waals surface area contributed by atoms with Crippen molar-refractivity contribution in [3.05, 3.63) is 66.0 Å². The van der Waals surface area contributed by atoms with Crippen LogP contribution in [0.15, 0.2) is 54.9 Å². The Balaban J connectivity index is 1.28. The van der Waals surface area contributed by atoms with E-state index in [1.807, 2.05) is 24.7 Å². The standard InChI is InChI=1S/C40H55N3O4/c1-27(2)43-26-36(24-41-43)34-8-7-9-37(23-34)42(40(45)33-17-10-30(11-18-33)14-21-39(44)47-28(3)4)25-31-12-15-32(16-13-31)35-19-20-38(46-6)29(5)22-35/h7-9,19-20,22-24,26-28,30-33H,10-18,21,25H2,1-6H3. The van der Waals surface area contributed by atoms with E-state index in [0.29, 0.717) is 24.2 Å². The lowest BCUT2D eigenvalue weighted by Crippen LogP contribution is -2.41. The molecule has 0 radical (unpaired) electrons. The van der Waals surface area contributed by atoms with Gasteiger partial charge < -0.3 is 14.4 Å². The summed E-state index contributed by atoms with van der Waals surface area (Å²) in [6, 6.07) is 15.4. The maximum atomic E-state index is 14.4. The van der Waals surface area contributed by atoms with Gasteiger partial charge >= 0.3 is 5.97 Å². The Kier molecular flexibility index (Phi) is 11.8. The van der Waals surface area contributed by atoms with E-state index < -0.39 is 0 Å². The molecule has 1 amide bonds. The van der Waals surface area contributed by atoms with Gasteiger partial charge in [-0.15, -0.1) is 0 Å². The Morgan fingerprint density at radius 1 is 0.915 bits per heavy atom. The summed E-state index contributed by atoms with van der Waals surface area (Å²) >= 11 is 0. The lowest BCUT2D eigenvalue weighted by Gasteiger charge is -2.36. The lowest BCUT2D eigenvalue weighted by molar-refractivity contribution is -0.147. The van der Waals surface area contributed by atoms with Crippen LogP contribution in [0.5, 0.6) is 5.75 Å². The van der Waals surface area contributed by atoms with Crippen LogP contribution in [-0.2, 0) is 14.3 Å². The number of methoxy groups -OCH3 is 1. The van der Waals surface area contributed by atoms with E-state index in [1.54, 1.807) is 7.11 Å². The largest absolute Gasteiger partial charge is 0.496 e. The molecule has 0 N–H and O–H groups in total. The first-order valence-electron chi connectivity index (χ1n) is 17.9. The van der Waals surface area contributed by atoms with Crippen LogP contribution in [0.3, 0.4) is 0 Å². The van der Waals surface area contributed by atoms with Crippen LogP contribution in [0, 0.1) is 24.7 Å². The molecule has 47 heavy (non-hydrogen) atoms. The third kappa shape index (κ3) is 9.05. The van der Waals surface area contributed by atoms with Crippen LogP contribution < -0.4 is 9.64 Å². The number of amides is 1. The SMILES string of the molecule is COc1ccc(C2CCC(CN(C(=O)C3CCC(CCC(=O)OC(C)C)CC3)c3cccc(-c4cnn(C(C)C)c4)c3)CC2)cc1C. The fraction of sp³-hybridized carbons (Fsp3) is 0.575. The minimum Gasteiger partial charge on any atom is -0.496 e. The minimum atomic E-state index is -0.111. The van der Waals surface area contributed by atoms with Crippen molar-refractivity contribution in [3.8, 4) is 16.9 Å². The normalized spacial score (nSPS) is 21.5. The maximum Gasteiger partial charge on any atom is 0.306 e. The van der Waals surface area contributed by atoms with Gasteiger partial charge in [-0.25, -0.2) is 0 Å². The molecule has 2 aromatic carbocycles. The number of rotatable bonds is 12. The second-order valence-corrected chi connectivity index (χ2v) is 14.5. The molecule has 1 heterocycles. The zero-order chi connectivity index (χ0) is 33.5. The number of nitrogens with zero attached hydrogens (tertiary/aromatic N) is 3. The molecule has 2 fully saturated rings. The first-order chi connectivity index (χ1) is 22.6. The van der Waals surface area contributed by atoms with Crippen molar-refractivity contribution >= 4 is 17.6 Å². The Bertz CT molecular complexity index is 1480. The number of carbonyl (C=O) groups excluding carboxylic acids is 2. The third-order valence-electron chi connectivity index (χ3n) is 10.4. The quantitative estimate of drug-likeness (QED) is 0.184. The number of hydrogen-bond acceptors (Lipinski definition) is 5. The van der Waals surface area contributed by atoms with Gasteiger partial charge in [-0.2, -0.15) is 5.10 Å². The van der Waals surface area contributed by atoms with E-state index >= 15 is 0 Å². The van der Waals surface area contributed by atoms with Crippen LogP contribution in [0.2, 0.25) is 0 Å². The van der Waals surface area contributed by atoms with E-state index in [1.165, 1.54) is 11.1 Å². The number of ether oxygens (including phenoxy) is 2. The predicted octanol–water partition coefficient (Wildman–Crippen LogP) is 9.29. The summed E-state index contributed by atoms with van der Waals surface area (Å²) in [5.41, 5.74) is 5.73. The number of anilines is 1. The van der Waals surface area contributed by atoms with Crippen molar-refractivity contribution in [2.75, 3.05) is 18.6 Å². The molecule has 3 aromatic rings. The molecule has 0 unspecified atom stereocenters. The smallest absolute Gasteiger partial charge is 0.306 e. The molecular weight excluding hydrogens is 586 g/mol. The van der Waals surface area contributed by atoms with Crippen LogP contribution in [0.25, 0.3) is 11.1 Å². The van der Waals surface area contributed by atoms with Crippen LogP contribution >= 0.6 is 0 Å². The molecule has 5 rings (SSSR count). The molecule has 2 aliphatic rings. The number of aryl methyl sites for hydroxylation is 1. The molecular formula is C40H55N3O4. The number of carbonyl (C=O) groups is 2. The average Bonchev–Trinajstić information content (AvgIpc) is 3.57. The summed E-state index contributed by atoms with van der Waals surface area (Å²) in [6.07, 6.45) is 13.5. The summed E-state index contributed by atoms with van der Waals surface area (Å²) in [6.45, 7) is 10.9. The lowest BCUT2D eigenvalue weighted by atomic mass is 9.77. The fourth-order valence-electron chi connectivity index (χ4n) is 7.60. The first kappa shape index (κ1) is 34.7. The van der Waals surface area contributed by atoms with E-state index in [4.69, 9.17) is 9.47 Å². The van der Waals surface area contributed by atoms with Crippen molar-refractivity contribution in [3.63, 3.8) is 0 Å². The van der Waals surface area contributed by atoms with Gasteiger partial charge in [0.05, 0.1) is 19.4 Å². The van der Waals surface area contributed by atoms with Gasteiger partial charge in [0.25, 0.3) is 0 Å². The summed E-state index contributed by atoms with van der Waals surface area (Å²) in [5, 5.41) is 4.56. The third-order valence-corrected chi connectivity index (χ3v) is 10.4. The van der Waals surface area contributed by atoms with Crippen molar-refractivity contribution in [1.29, 1.82) is 0 Å². The molecule has 0 saturated heterocycles. The summed E-state index contributed by atoms with van der Waals surface area (Å²) in [7, 11) is 1.73. The second-order valence-electron chi connectivity index (χ2n) is 14.5. The van der Waals surface area contributed by atoms with Crippen LogP contribution in [0.1, 0.15) is 115 Å². The van der Waals surface area contributed by atoms with Crippen molar-refractivity contribution in [2.45, 2.75) is 117 Å². The van der Waals surface area contributed by atoms with Gasteiger partial charge in [0, 0.05) is 42.4 Å². The number of esters is 1. The van der Waals surface area contributed by atoms with Gasteiger partial charge in [0.1, 0.15) is 5.75 Å². The van der Waals surface area contributed by atoms with Gasteiger partial charge in [0.15, 0.2) is 0 Å². The second kappa shape index (κ2) is 16.0. The van der Waals surface area contributed by atoms with Crippen molar-refractivity contribution in [1.82, 2.24) is 9.78 Å². The van der Waals surface area contributed by atoms with Crippen LogP contribution in [0.4, 0.5) is 5.69 Å².